The minimum Gasteiger partial charge on any atom is -0.465 e. The monoisotopic (exact) mass is 648 g/mol. The van der Waals surface area contributed by atoms with Crippen LogP contribution in [-0.4, -0.2) is 30.3 Å². The van der Waals surface area contributed by atoms with E-state index in [0.717, 1.165) is 89.4 Å². The zero-order chi connectivity index (χ0) is 32.7. The van der Waals surface area contributed by atoms with Crippen LogP contribution in [0.15, 0.2) is 47.6 Å². The molecule has 0 bridgehead atoms. The molecule has 1 aromatic heterocycles. The van der Waals surface area contributed by atoms with Gasteiger partial charge in [-0.2, -0.15) is 0 Å². The van der Waals surface area contributed by atoms with Gasteiger partial charge in [0.1, 0.15) is 11.4 Å². The molecule has 1 aliphatic heterocycles. The van der Waals surface area contributed by atoms with Gasteiger partial charge in [-0.15, -0.1) is 0 Å². The molecule has 6 rings (SSSR count). The average Bonchev–Trinajstić information content (AvgIpc) is 3.87. The first-order chi connectivity index (χ1) is 23.0. The minimum absolute atomic E-state index is 0.0460. The lowest BCUT2D eigenvalue weighted by molar-refractivity contribution is -0.206. The SMILES string of the molecule is C=CC(=O)OC(C1CCCCC1)(C1CCC(CC(=C)C(=O)OC(c2ccco2)(C2CCCCC2)C2CCCCC2)CC1)C1CCCO1. The summed E-state index contributed by atoms with van der Waals surface area (Å²) in [5.41, 5.74) is -0.712. The van der Waals surface area contributed by atoms with E-state index in [1.54, 1.807) is 6.26 Å². The second-order valence-corrected chi connectivity index (χ2v) is 15.7. The maximum atomic E-state index is 14.1. The Morgan fingerprint density at radius 1 is 0.745 bits per heavy atom. The number of carbonyl (C=O) groups is 2. The summed E-state index contributed by atoms with van der Waals surface area (Å²) < 4.78 is 25.9. The predicted octanol–water partition coefficient (Wildman–Crippen LogP) is 10.2. The van der Waals surface area contributed by atoms with Gasteiger partial charge in [-0.05, 0) is 102 Å². The van der Waals surface area contributed by atoms with Gasteiger partial charge in [-0.1, -0.05) is 70.9 Å². The fraction of sp³-hybridized carbons (Fsp3) is 0.756. The number of hydrogen-bond donors (Lipinski definition) is 0. The fourth-order valence-corrected chi connectivity index (χ4v) is 10.8. The number of carbonyl (C=O) groups excluding carboxylic acids is 2. The van der Waals surface area contributed by atoms with Gasteiger partial charge < -0.3 is 18.6 Å². The first kappa shape index (κ1) is 34.5. The van der Waals surface area contributed by atoms with Crippen molar-refractivity contribution >= 4 is 11.9 Å². The van der Waals surface area contributed by atoms with Crippen LogP contribution in [0.3, 0.4) is 0 Å². The Bertz CT molecular complexity index is 1150. The van der Waals surface area contributed by atoms with E-state index in [1.165, 1.54) is 63.9 Å². The van der Waals surface area contributed by atoms with Crippen molar-refractivity contribution in [3.63, 3.8) is 0 Å². The summed E-state index contributed by atoms with van der Waals surface area (Å²) >= 11 is 0. The quantitative estimate of drug-likeness (QED) is 0.166. The van der Waals surface area contributed by atoms with Gasteiger partial charge in [0.2, 0.25) is 0 Å². The smallest absolute Gasteiger partial charge is 0.334 e. The van der Waals surface area contributed by atoms with Crippen molar-refractivity contribution in [1.29, 1.82) is 0 Å². The van der Waals surface area contributed by atoms with Gasteiger partial charge in [0.15, 0.2) is 5.60 Å². The summed E-state index contributed by atoms with van der Waals surface area (Å²) in [5.74, 6) is 1.76. The molecule has 47 heavy (non-hydrogen) atoms. The molecule has 0 amide bonds. The standard InChI is InChI=1S/C41H60O6/c1-3-38(42)46-40(36-21-13-27-44-36,32-15-7-4-8-16-32)35-25-23-31(24-26-35)29-30(2)39(43)47-41(37-22-14-28-45-37,33-17-9-5-10-18-33)34-19-11-6-12-20-34/h3,14,22,28,31-36H,1-2,4-13,15-21,23-27,29H2. The van der Waals surface area contributed by atoms with E-state index in [9.17, 15) is 9.59 Å². The van der Waals surface area contributed by atoms with Crippen molar-refractivity contribution in [2.45, 2.75) is 159 Å². The van der Waals surface area contributed by atoms with Gasteiger partial charge in [0.05, 0.1) is 12.4 Å². The van der Waals surface area contributed by atoms with Crippen LogP contribution in [0, 0.1) is 29.6 Å². The highest BCUT2D eigenvalue weighted by atomic mass is 16.6. The molecule has 0 radical (unpaired) electrons. The molecular formula is C41H60O6. The van der Waals surface area contributed by atoms with Crippen molar-refractivity contribution in [3.8, 4) is 0 Å². The van der Waals surface area contributed by atoms with E-state index >= 15 is 0 Å². The topological polar surface area (TPSA) is 75.0 Å². The highest BCUT2D eigenvalue weighted by Crippen LogP contribution is 2.53. The van der Waals surface area contributed by atoms with E-state index < -0.39 is 11.2 Å². The van der Waals surface area contributed by atoms with Crippen LogP contribution in [0.4, 0.5) is 0 Å². The second kappa shape index (κ2) is 15.9. The van der Waals surface area contributed by atoms with Crippen molar-refractivity contribution in [1.82, 2.24) is 0 Å². The van der Waals surface area contributed by atoms with E-state index in [4.69, 9.17) is 18.6 Å². The number of rotatable bonds is 12. The van der Waals surface area contributed by atoms with Gasteiger partial charge in [0.25, 0.3) is 0 Å². The van der Waals surface area contributed by atoms with Crippen LogP contribution in [0.2, 0.25) is 0 Å². The Morgan fingerprint density at radius 3 is 1.83 bits per heavy atom. The lowest BCUT2D eigenvalue weighted by atomic mass is 9.62. The van der Waals surface area contributed by atoms with Crippen molar-refractivity contribution in [3.05, 3.63) is 49.0 Å². The first-order valence-electron chi connectivity index (χ1n) is 19.4. The number of esters is 2. The zero-order valence-corrected chi connectivity index (χ0v) is 28.9. The Balaban J connectivity index is 1.16. The van der Waals surface area contributed by atoms with E-state index in [1.807, 2.05) is 12.1 Å². The van der Waals surface area contributed by atoms with E-state index in [0.29, 0.717) is 23.8 Å². The molecule has 0 spiro atoms. The predicted molar refractivity (Wildman–Crippen MR) is 183 cm³/mol. The highest BCUT2D eigenvalue weighted by Gasteiger charge is 2.56. The van der Waals surface area contributed by atoms with Crippen molar-refractivity contribution in [2.75, 3.05) is 6.61 Å². The number of furan rings is 1. The second-order valence-electron chi connectivity index (χ2n) is 15.7. The lowest BCUT2D eigenvalue weighted by Crippen LogP contribution is -2.58. The summed E-state index contributed by atoms with van der Waals surface area (Å²) in [6.45, 7) is 8.84. The van der Waals surface area contributed by atoms with Crippen molar-refractivity contribution in [2.24, 2.45) is 29.6 Å². The Kier molecular flexibility index (Phi) is 11.7. The lowest BCUT2D eigenvalue weighted by Gasteiger charge is -2.51. The van der Waals surface area contributed by atoms with E-state index in [2.05, 4.69) is 13.2 Å². The summed E-state index contributed by atoms with van der Waals surface area (Å²) in [4.78, 5) is 27.0. The molecular weight excluding hydrogens is 588 g/mol. The van der Waals surface area contributed by atoms with Crippen LogP contribution >= 0.6 is 0 Å². The van der Waals surface area contributed by atoms with Gasteiger partial charge >= 0.3 is 11.9 Å². The third-order valence-electron chi connectivity index (χ3n) is 13.0. The van der Waals surface area contributed by atoms with Gasteiger partial charge in [-0.25, -0.2) is 9.59 Å². The molecule has 6 heteroatoms. The largest absolute Gasteiger partial charge is 0.465 e. The maximum absolute atomic E-state index is 14.1. The molecule has 1 saturated heterocycles. The molecule has 2 heterocycles. The Hall–Kier alpha value is -2.34. The maximum Gasteiger partial charge on any atom is 0.334 e. The summed E-state index contributed by atoms with van der Waals surface area (Å²) in [7, 11) is 0. The van der Waals surface area contributed by atoms with Crippen LogP contribution < -0.4 is 0 Å². The normalized spacial score (nSPS) is 28.3. The highest BCUT2D eigenvalue weighted by molar-refractivity contribution is 5.88. The van der Waals surface area contributed by atoms with E-state index in [-0.39, 0.29) is 35.8 Å². The average molecular weight is 649 g/mol. The zero-order valence-electron chi connectivity index (χ0n) is 28.9. The fourth-order valence-electron chi connectivity index (χ4n) is 10.8. The molecule has 5 aliphatic rings. The molecule has 260 valence electrons. The summed E-state index contributed by atoms with van der Waals surface area (Å²) in [5, 5.41) is 0. The first-order valence-corrected chi connectivity index (χ1v) is 19.4. The summed E-state index contributed by atoms with van der Waals surface area (Å²) in [6, 6.07) is 4.00. The molecule has 0 N–H and O–H groups in total. The Morgan fingerprint density at radius 2 is 1.32 bits per heavy atom. The molecule has 6 nitrogen and oxygen atoms in total. The molecule has 4 saturated carbocycles. The third-order valence-corrected chi connectivity index (χ3v) is 13.0. The minimum atomic E-state index is -0.710. The van der Waals surface area contributed by atoms with Crippen LogP contribution in [0.5, 0.6) is 0 Å². The third kappa shape index (κ3) is 7.33. The molecule has 4 aliphatic carbocycles. The summed E-state index contributed by atoms with van der Waals surface area (Å²) in [6.07, 6.45) is 26.9. The molecule has 5 fully saturated rings. The van der Waals surface area contributed by atoms with Gasteiger partial charge in [0, 0.05) is 41.9 Å². The van der Waals surface area contributed by atoms with Gasteiger partial charge in [-0.3, -0.25) is 0 Å². The van der Waals surface area contributed by atoms with Crippen LogP contribution in [0.1, 0.15) is 147 Å². The molecule has 0 aromatic carbocycles. The Labute approximate surface area is 283 Å². The van der Waals surface area contributed by atoms with Crippen LogP contribution in [0.25, 0.3) is 0 Å². The molecule has 2 atom stereocenters. The molecule has 2 unspecified atom stereocenters. The molecule has 1 aromatic rings. The number of hydrogen-bond acceptors (Lipinski definition) is 6. The van der Waals surface area contributed by atoms with Crippen molar-refractivity contribution < 1.29 is 28.2 Å². The number of ether oxygens (including phenoxy) is 3. The van der Waals surface area contributed by atoms with Crippen LogP contribution in [-0.2, 0) is 29.4 Å².